The van der Waals surface area contributed by atoms with Gasteiger partial charge in [-0.3, -0.25) is 4.79 Å². The highest BCUT2D eigenvalue weighted by molar-refractivity contribution is 8.00. The van der Waals surface area contributed by atoms with Gasteiger partial charge in [0.05, 0.1) is 12.9 Å². The molecular weight excluding hydrogens is 292 g/mol. The number of hydrogen-bond acceptors (Lipinski definition) is 3. The molecule has 4 fully saturated rings. The van der Waals surface area contributed by atoms with Crippen LogP contribution in [-0.2, 0) is 4.79 Å². The average molecular weight is 316 g/mol. The minimum absolute atomic E-state index is 0.0315. The summed E-state index contributed by atoms with van der Waals surface area (Å²) < 4.78 is 5.39. The number of benzene rings is 1. The largest absolute Gasteiger partial charge is 0.496 e. The van der Waals surface area contributed by atoms with Crippen molar-refractivity contribution in [2.24, 2.45) is 23.2 Å². The number of thioether (sulfide) groups is 1. The van der Waals surface area contributed by atoms with Crippen LogP contribution in [0.3, 0.4) is 0 Å². The Bertz CT molecular complexity index is 545. The summed E-state index contributed by atoms with van der Waals surface area (Å²) in [6.07, 6.45) is 7.70. The van der Waals surface area contributed by atoms with E-state index in [4.69, 9.17) is 4.74 Å². The lowest BCUT2D eigenvalue weighted by Crippen LogP contribution is -2.50. The molecule has 0 spiro atoms. The number of Topliss-reactive ketones (excluding diaryl/α,β-unsaturated/α-hetero) is 1. The highest BCUT2D eigenvalue weighted by atomic mass is 32.2. The third-order valence-electron chi connectivity index (χ3n) is 6.06. The highest BCUT2D eigenvalue weighted by Gasteiger charge is 2.53. The molecule has 0 amide bonds. The molecule has 118 valence electrons. The van der Waals surface area contributed by atoms with Gasteiger partial charge >= 0.3 is 0 Å². The molecule has 3 heteroatoms. The summed E-state index contributed by atoms with van der Waals surface area (Å²) in [5, 5.41) is 0. The summed E-state index contributed by atoms with van der Waals surface area (Å²) in [5.41, 5.74) is 0.0315. The van der Waals surface area contributed by atoms with Crippen LogP contribution in [0.5, 0.6) is 5.75 Å². The first kappa shape index (κ1) is 14.6. The highest BCUT2D eigenvalue weighted by Crippen LogP contribution is 2.60. The van der Waals surface area contributed by atoms with E-state index in [-0.39, 0.29) is 5.41 Å². The molecule has 4 aliphatic rings. The number of hydrogen-bond donors (Lipinski definition) is 0. The van der Waals surface area contributed by atoms with Gasteiger partial charge in [0.2, 0.25) is 0 Å². The van der Waals surface area contributed by atoms with Gasteiger partial charge in [-0.2, -0.15) is 0 Å². The average Bonchev–Trinajstić information content (AvgIpc) is 2.51. The van der Waals surface area contributed by atoms with E-state index < -0.39 is 0 Å². The van der Waals surface area contributed by atoms with E-state index in [1.165, 1.54) is 38.5 Å². The molecule has 0 aliphatic heterocycles. The number of rotatable bonds is 5. The summed E-state index contributed by atoms with van der Waals surface area (Å²) in [5.74, 6) is 4.50. The van der Waals surface area contributed by atoms with E-state index in [0.29, 0.717) is 11.5 Å². The van der Waals surface area contributed by atoms with Crippen molar-refractivity contribution >= 4 is 17.5 Å². The molecule has 4 bridgehead atoms. The Morgan fingerprint density at radius 3 is 2.32 bits per heavy atom. The molecular formula is C19H24O2S. The molecule has 0 N–H and O–H groups in total. The maximum atomic E-state index is 13.0. The van der Waals surface area contributed by atoms with Gasteiger partial charge in [-0.25, -0.2) is 0 Å². The standard InChI is InChI=1S/C19H24O2S/c1-21-16-4-2-3-5-17(16)22-12-18(20)19-9-13-6-14(10-19)8-15(7-13)11-19/h2-5,13-15H,6-12H2,1H3. The first-order chi connectivity index (χ1) is 10.7. The van der Waals surface area contributed by atoms with Gasteiger partial charge in [0.25, 0.3) is 0 Å². The Kier molecular flexibility index (Phi) is 3.72. The molecule has 0 aromatic heterocycles. The van der Waals surface area contributed by atoms with Crippen LogP contribution in [0.4, 0.5) is 0 Å². The van der Waals surface area contributed by atoms with Crippen LogP contribution in [0.2, 0.25) is 0 Å². The smallest absolute Gasteiger partial charge is 0.149 e. The summed E-state index contributed by atoms with van der Waals surface area (Å²) in [7, 11) is 1.69. The Balaban J connectivity index is 1.46. The molecule has 1 aromatic rings. The lowest BCUT2D eigenvalue weighted by Gasteiger charge is -2.56. The van der Waals surface area contributed by atoms with E-state index in [9.17, 15) is 4.79 Å². The lowest BCUT2D eigenvalue weighted by molar-refractivity contribution is -0.141. The maximum absolute atomic E-state index is 13.0. The van der Waals surface area contributed by atoms with Crippen molar-refractivity contribution in [3.05, 3.63) is 24.3 Å². The fourth-order valence-electron chi connectivity index (χ4n) is 5.49. The van der Waals surface area contributed by atoms with E-state index >= 15 is 0 Å². The molecule has 5 rings (SSSR count). The summed E-state index contributed by atoms with van der Waals surface area (Å²) in [6.45, 7) is 0. The monoisotopic (exact) mass is 316 g/mol. The van der Waals surface area contributed by atoms with Crippen molar-refractivity contribution in [2.75, 3.05) is 12.9 Å². The van der Waals surface area contributed by atoms with Gasteiger partial charge in [0, 0.05) is 10.3 Å². The van der Waals surface area contributed by atoms with Gasteiger partial charge in [-0.1, -0.05) is 12.1 Å². The molecule has 4 aliphatic carbocycles. The SMILES string of the molecule is COc1ccccc1SCC(=O)C12CC3CC(CC(C3)C1)C2. The second-order valence-electron chi connectivity index (χ2n) is 7.56. The maximum Gasteiger partial charge on any atom is 0.149 e. The predicted molar refractivity (Wildman–Crippen MR) is 89.3 cm³/mol. The first-order valence-corrected chi connectivity index (χ1v) is 9.46. The van der Waals surface area contributed by atoms with Crippen LogP contribution < -0.4 is 4.74 Å². The van der Waals surface area contributed by atoms with Crippen molar-refractivity contribution in [2.45, 2.75) is 43.4 Å². The molecule has 22 heavy (non-hydrogen) atoms. The number of ether oxygens (including phenoxy) is 1. The van der Waals surface area contributed by atoms with Crippen LogP contribution in [-0.4, -0.2) is 18.6 Å². The quantitative estimate of drug-likeness (QED) is 0.744. The lowest BCUT2D eigenvalue weighted by atomic mass is 9.48. The number of carbonyl (C=O) groups excluding carboxylic acids is 1. The van der Waals surface area contributed by atoms with Crippen molar-refractivity contribution < 1.29 is 9.53 Å². The first-order valence-electron chi connectivity index (χ1n) is 8.48. The van der Waals surface area contributed by atoms with Crippen LogP contribution in [0, 0.1) is 23.2 Å². The predicted octanol–water partition coefficient (Wildman–Crippen LogP) is 4.57. The zero-order valence-electron chi connectivity index (χ0n) is 13.2. The summed E-state index contributed by atoms with van der Waals surface area (Å²) in [4.78, 5) is 14.1. The third kappa shape index (κ3) is 2.47. The van der Waals surface area contributed by atoms with Gasteiger partial charge in [0.15, 0.2) is 0 Å². The normalized spacial score (nSPS) is 35.6. The molecule has 4 saturated carbocycles. The van der Waals surface area contributed by atoms with Crippen molar-refractivity contribution in [1.82, 2.24) is 0 Å². The van der Waals surface area contributed by atoms with Crippen molar-refractivity contribution in [3.8, 4) is 5.75 Å². The van der Waals surface area contributed by atoms with Gasteiger partial charge in [-0.05, 0) is 68.4 Å². The molecule has 0 atom stereocenters. The molecule has 0 heterocycles. The number of methoxy groups -OCH3 is 1. The molecule has 0 saturated heterocycles. The Morgan fingerprint density at radius 1 is 1.14 bits per heavy atom. The Hall–Kier alpha value is -0.960. The minimum atomic E-state index is 0.0315. The van der Waals surface area contributed by atoms with E-state index in [2.05, 4.69) is 6.07 Å². The minimum Gasteiger partial charge on any atom is -0.496 e. The van der Waals surface area contributed by atoms with Crippen LogP contribution in [0.25, 0.3) is 0 Å². The van der Waals surface area contributed by atoms with Crippen LogP contribution in [0.1, 0.15) is 38.5 Å². The number of carbonyl (C=O) groups is 1. The molecule has 2 nitrogen and oxygen atoms in total. The Labute approximate surface area is 137 Å². The van der Waals surface area contributed by atoms with E-state index in [0.717, 1.165) is 28.4 Å². The Morgan fingerprint density at radius 2 is 1.73 bits per heavy atom. The van der Waals surface area contributed by atoms with Gasteiger partial charge < -0.3 is 4.74 Å². The zero-order valence-corrected chi connectivity index (χ0v) is 14.0. The topological polar surface area (TPSA) is 26.3 Å². The van der Waals surface area contributed by atoms with E-state index in [1.54, 1.807) is 18.9 Å². The second kappa shape index (κ2) is 5.59. The summed E-state index contributed by atoms with van der Waals surface area (Å²) in [6, 6.07) is 8.01. The molecule has 0 radical (unpaired) electrons. The van der Waals surface area contributed by atoms with Crippen LogP contribution >= 0.6 is 11.8 Å². The van der Waals surface area contributed by atoms with Crippen molar-refractivity contribution in [1.29, 1.82) is 0 Å². The second-order valence-corrected chi connectivity index (χ2v) is 8.58. The third-order valence-corrected chi connectivity index (χ3v) is 7.11. The van der Waals surface area contributed by atoms with E-state index in [1.807, 2.05) is 18.2 Å². The number of ketones is 1. The van der Waals surface area contributed by atoms with Crippen molar-refractivity contribution in [3.63, 3.8) is 0 Å². The fraction of sp³-hybridized carbons (Fsp3) is 0.632. The number of para-hydroxylation sites is 1. The fourth-order valence-corrected chi connectivity index (χ4v) is 6.55. The van der Waals surface area contributed by atoms with Crippen LogP contribution in [0.15, 0.2) is 29.2 Å². The summed E-state index contributed by atoms with van der Waals surface area (Å²) >= 11 is 1.65. The molecule has 1 aromatic carbocycles. The van der Waals surface area contributed by atoms with Gasteiger partial charge in [0.1, 0.15) is 11.5 Å². The molecule has 0 unspecified atom stereocenters. The van der Waals surface area contributed by atoms with Gasteiger partial charge in [-0.15, -0.1) is 11.8 Å². The zero-order chi connectivity index (χ0) is 15.2.